The highest BCUT2D eigenvalue weighted by atomic mass is 16.2. The second-order valence-electron chi connectivity index (χ2n) is 5.97. The SMILES string of the molecule is CN(C)C(=O)[C@H]1CC(=O)c2ccccc2/C1=C/c1ccccc1. The van der Waals surface area contributed by atoms with Crippen LogP contribution in [0.5, 0.6) is 0 Å². The zero-order valence-electron chi connectivity index (χ0n) is 13.3. The van der Waals surface area contributed by atoms with E-state index in [1.54, 1.807) is 19.0 Å². The molecule has 0 aliphatic heterocycles. The van der Waals surface area contributed by atoms with Gasteiger partial charge in [-0.15, -0.1) is 0 Å². The molecule has 116 valence electrons. The van der Waals surface area contributed by atoms with Gasteiger partial charge in [-0.3, -0.25) is 9.59 Å². The van der Waals surface area contributed by atoms with Crippen molar-refractivity contribution in [3.05, 3.63) is 71.3 Å². The number of hydrogen-bond acceptors (Lipinski definition) is 2. The van der Waals surface area contributed by atoms with Gasteiger partial charge in [0, 0.05) is 26.1 Å². The first-order valence-electron chi connectivity index (χ1n) is 7.68. The molecule has 0 saturated heterocycles. The molecule has 1 amide bonds. The second-order valence-corrected chi connectivity index (χ2v) is 5.97. The van der Waals surface area contributed by atoms with Gasteiger partial charge in [-0.05, 0) is 16.7 Å². The Morgan fingerprint density at radius 2 is 1.61 bits per heavy atom. The molecule has 0 fully saturated rings. The van der Waals surface area contributed by atoms with Gasteiger partial charge < -0.3 is 4.90 Å². The Kier molecular flexibility index (Phi) is 4.11. The van der Waals surface area contributed by atoms with Gasteiger partial charge >= 0.3 is 0 Å². The Balaban J connectivity index is 2.16. The van der Waals surface area contributed by atoms with Crippen molar-refractivity contribution >= 4 is 23.3 Å². The van der Waals surface area contributed by atoms with Crippen molar-refractivity contribution in [2.45, 2.75) is 6.42 Å². The monoisotopic (exact) mass is 305 g/mol. The fraction of sp³-hybridized carbons (Fsp3) is 0.200. The highest BCUT2D eigenvalue weighted by Gasteiger charge is 2.34. The molecule has 2 aromatic carbocycles. The smallest absolute Gasteiger partial charge is 0.230 e. The highest BCUT2D eigenvalue weighted by Crippen LogP contribution is 2.37. The predicted octanol–water partition coefficient (Wildman–Crippen LogP) is 3.52. The topological polar surface area (TPSA) is 37.4 Å². The molecule has 0 spiro atoms. The van der Waals surface area contributed by atoms with Gasteiger partial charge in [-0.2, -0.15) is 0 Å². The second kappa shape index (κ2) is 6.21. The van der Waals surface area contributed by atoms with E-state index in [9.17, 15) is 9.59 Å². The summed E-state index contributed by atoms with van der Waals surface area (Å²) in [5, 5.41) is 0. The van der Waals surface area contributed by atoms with Crippen molar-refractivity contribution in [1.82, 2.24) is 4.90 Å². The average molecular weight is 305 g/mol. The van der Waals surface area contributed by atoms with Crippen molar-refractivity contribution in [3.63, 3.8) is 0 Å². The fourth-order valence-corrected chi connectivity index (χ4v) is 3.01. The lowest BCUT2D eigenvalue weighted by Gasteiger charge is -2.28. The Morgan fingerprint density at radius 3 is 2.26 bits per heavy atom. The molecule has 1 aliphatic rings. The third-order valence-electron chi connectivity index (χ3n) is 4.16. The molecule has 3 rings (SSSR count). The summed E-state index contributed by atoms with van der Waals surface area (Å²) in [4.78, 5) is 26.6. The number of nitrogens with zero attached hydrogens (tertiary/aromatic N) is 1. The lowest BCUT2D eigenvalue weighted by molar-refractivity contribution is -0.131. The standard InChI is InChI=1S/C20H19NO2/c1-21(2)20(23)18-13-19(22)16-11-7-6-10-15(16)17(18)12-14-8-4-3-5-9-14/h3-12,18H,13H2,1-2H3/b17-12-/t18-/m0/s1. The maximum absolute atomic E-state index is 12.6. The number of benzene rings is 2. The number of amides is 1. The van der Waals surface area contributed by atoms with Crippen LogP contribution in [0.4, 0.5) is 0 Å². The van der Waals surface area contributed by atoms with Crippen LogP contribution in [0.25, 0.3) is 11.6 Å². The van der Waals surface area contributed by atoms with E-state index < -0.39 is 5.92 Å². The summed E-state index contributed by atoms with van der Waals surface area (Å²) in [6, 6.07) is 17.4. The van der Waals surface area contributed by atoms with Crippen molar-refractivity contribution in [2.24, 2.45) is 5.92 Å². The van der Waals surface area contributed by atoms with E-state index in [0.29, 0.717) is 5.56 Å². The van der Waals surface area contributed by atoms with E-state index in [4.69, 9.17) is 0 Å². The summed E-state index contributed by atoms with van der Waals surface area (Å²) in [5.41, 5.74) is 3.53. The van der Waals surface area contributed by atoms with Crippen LogP contribution in [-0.2, 0) is 4.79 Å². The lowest BCUT2D eigenvalue weighted by Crippen LogP contribution is -2.34. The van der Waals surface area contributed by atoms with E-state index in [1.807, 2.05) is 60.7 Å². The molecule has 1 aliphatic carbocycles. The largest absolute Gasteiger partial charge is 0.348 e. The van der Waals surface area contributed by atoms with Gasteiger partial charge in [0.05, 0.1) is 5.92 Å². The van der Waals surface area contributed by atoms with E-state index in [1.165, 1.54) is 0 Å². The van der Waals surface area contributed by atoms with Crippen LogP contribution in [0.15, 0.2) is 54.6 Å². The lowest BCUT2D eigenvalue weighted by atomic mass is 9.77. The molecule has 0 saturated carbocycles. The Labute approximate surface area is 136 Å². The zero-order valence-corrected chi connectivity index (χ0v) is 13.3. The molecule has 0 N–H and O–H groups in total. The first-order valence-corrected chi connectivity index (χ1v) is 7.68. The molecule has 2 aromatic rings. The van der Waals surface area contributed by atoms with Crippen molar-refractivity contribution < 1.29 is 9.59 Å². The molecular formula is C20H19NO2. The van der Waals surface area contributed by atoms with Crippen LogP contribution in [-0.4, -0.2) is 30.7 Å². The van der Waals surface area contributed by atoms with Gasteiger partial charge in [0.2, 0.25) is 5.91 Å². The Morgan fingerprint density at radius 1 is 1.00 bits per heavy atom. The molecule has 3 nitrogen and oxygen atoms in total. The first-order chi connectivity index (χ1) is 11.1. The average Bonchev–Trinajstić information content (AvgIpc) is 2.57. The number of Topliss-reactive ketones (excluding diaryl/α,β-unsaturated/α-hetero) is 1. The van der Waals surface area contributed by atoms with Gasteiger partial charge in [0.25, 0.3) is 0 Å². The van der Waals surface area contributed by atoms with Crippen LogP contribution < -0.4 is 0 Å². The van der Waals surface area contributed by atoms with Crippen LogP contribution >= 0.6 is 0 Å². The molecular weight excluding hydrogens is 286 g/mol. The minimum Gasteiger partial charge on any atom is -0.348 e. The van der Waals surface area contributed by atoms with Crippen LogP contribution in [0, 0.1) is 5.92 Å². The van der Waals surface area contributed by atoms with Crippen LogP contribution in [0.3, 0.4) is 0 Å². The minimum absolute atomic E-state index is 0.0324. The number of ketones is 1. The summed E-state index contributed by atoms with van der Waals surface area (Å²) < 4.78 is 0. The third kappa shape index (κ3) is 2.95. The minimum atomic E-state index is -0.424. The van der Waals surface area contributed by atoms with E-state index >= 15 is 0 Å². The van der Waals surface area contributed by atoms with Gasteiger partial charge in [0.15, 0.2) is 5.78 Å². The molecule has 23 heavy (non-hydrogen) atoms. The van der Waals surface area contributed by atoms with Gasteiger partial charge in [-0.25, -0.2) is 0 Å². The van der Waals surface area contributed by atoms with E-state index in [-0.39, 0.29) is 18.1 Å². The fourth-order valence-electron chi connectivity index (χ4n) is 3.01. The summed E-state index contributed by atoms with van der Waals surface area (Å²) >= 11 is 0. The summed E-state index contributed by atoms with van der Waals surface area (Å²) in [6.45, 7) is 0. The summed E-state index contributed by atoms with van der Waals surface area (Å²) in [6.07, 6.45) is 2.25. The van der Waals surface area contributed by atoms with Crippen molar-refractivity contribution in [2.75, 3.05) is 14.1 Å². The zero-order chi connectivity index (χ0) is 16.4. The molecule has 3 heteroatoms. The molecule has 0 radical (unpaired) electrons. The van der Waals surface area contributed by atoms with Gasteiger partial charge in [0.1, 0.15) is 0 Å². The first kappa shape index (κ1) is 15.2. The van der Waals surface area contributed by atoms with Gasteiger partial charge in [-0.1, -0.05) is 60.7 Å². The summed E-state index contributed by atoms with van der Waals surface area (Å²) in [7, 11) is 3.46. The Bertz CT molecular complexity index is 775. The number of rotatable bonds is 2. The molecule has 0 aromatic heterocycles. The van der Waals surface area contributed by atoms with E-state index in [0.717, 1.165) is 16.7 Å². The number of hydrogen-bond donors (Lipinski definition) is 0. The molecule has 1 atom stereocenters. The number of fused-ring (bicyclic) bond motifs is 1. The van der Waals surface area contributed by atoms with Crippen LogP contribution in [0.2, 0.25) is 0 Å². The van der Waals surface area contributed by atoms with Crippen molar-refractivity contribution in [1.29, 1.82) is 0 Å². The predicted molar refractivity (Wildman–Crippen MR) is 91.9 cm³/mol. The summed E-state index contributed by atoms with van der Waals surface area (Å²) in [5.74, 6) is -0.423. The molecule has 0 heterocycles. The molecule has 0 unspecified atom stereocenters. The normalized spacial score (nSPS) is 18.6. The Hall–Kier alpha value is -2.68. The van der Waals surface area contributed by atoms with Crippen LogP contribution in [0.1, 0.15) is 27.9 Å². The van der Waals surface area contributed by atoms with Crippen molar-refractivity contribution in [3.8, 4) is 0 Å². The highest BCUT2D eigenvalue weighted by molar-refractivity contribution is 6.12. The molecule has 0 bridgehead atoms. The maximum atomic E-state index is 12.6. The number of carbonyl (C=O) groups is 2. The third-order valence-corrected chi connectivity index (χ3v) is 4.16. The quantitative estimate of drug-likeness (QED) is 0.851. The number of carbonyl (C=O) groups excluding carboxylic acids is 2. The van der Waals surface area contributed by atoms with E-state index in [2.05, 4.69) is 0 Å². The maximum Gasteiger partial charge on any atom is 0.230 e.